The van der Waals surface area contributed by atoms with Gasteiger partial charge in [-0.2, -0.15) is 0 Å². The minimum atomic E-state index is -1.15. The van der Waals surface area contributed by atoms with Gasteiger partial charge in [-0.1, -0.05) is 41.7 Å². The van der Waals surface area contributed by atoms with Crippen molar-refractivity contribution in [3.63, 3.8) is 0 Å². The molecule has 0 aliphatic heterocycles. The lowest BCUT2D eigenvalue weighted by Gasteiger charge is -2.16. The zero-order chi connectivity index (χ0) is 16.1. The van der Waals surface area contributed by atoms with Gasteiger partial charge in [-0.25, -0.2) is 4.79 Å². The third-order valence-corrected chi connectivity index (χ3v) is 3.91. The topological polar surface area (TPSA) is 74.6 Å². The van der Waals surface area contributed by atoms with E-state index < -0.39 is 18.0 Å². The summed E-state index contributed by atoms with van der Waals surface area (Å²) in [7, 11) is 1.22. The molecular weight excluding hydrogens is 306 g/mol. The second kappa shape index (κ2) is 7.04. The first-order chi connectivity index (χ1) is 10.5. The first-order valence-corrected chi connectivity index (χ1v) is 7.38. The van der Waals surface area contributed by atoms with Crippen LogP contribution in [0.5, 0.6) is 0 Å². The van der Waals surface area contributed by atoms with E-state index in [1.807, 2.05) is 0 Å². The molecule has 2 rings (SSSR count). The molecule has 0 N–H and O–H groups in total. The molecule has 1 atom stereocenters. The van der Waals surface area contributed by atoms with Crippen LogP contribution in [-0.4, -0.2) is 23.6 Å². The number of methoxy groups -OCH3 is 1. The number of ether oxygens (including phenoxy) is 2. The van der Waals surface area contributed by atoms with E-state index in [1.54, 1.807) is 42.6 Å². The van der Waals surface area contributed by atoms with Crippen LogP contribution in [0.25, 0.3) is 0 Å². The number of nitrogens with zero attached hydrogens (tertiary/aromatic N) is 1. The lowest BCUT2D eigenvalue weighted by atomic mass is 10.1. The van der Waals surface area contributed by atoms with Crippen molar-refractivity contribution in [1.29, 1.82) is 0 Å². The van der Waals surface area contributed by atoms with Crippen LogP contribution < -0.4 is 4.87 Å². The van der Waals surface area contributed by atoms with Gasteiger partial charge >= 0.3 is 16.8 Å². The van der Waals surface area contributed by atoms with E-state index in [-0.39, 0.29) is 11.4 Å². The highest BCUT2D eigenvalue weighted by atomic mass is 32.1. The van der Waals surface area contributed by atoms with E-state index in [0.717, 1.165) is 11.3 Å². The molecule has 2 aromatic rings. The van der Waals surface area contributed by atoms with Crippen LogP contribution in [0, 0.1) is 6.92 Å². The van der Waals surface area contributed by atoms with Gasteiger partial charge in [-0.05, 0) is 6.92 Å². The van der Waals surface area contributed by atoms with Crippen molar-refractivity contribution in [1.82, 2.24) is 4.57 Å². The zero-order valence-electron chi connectivity index (χ0n) is 12.1. The molecule has 0 bridgehead atoms. The summed E-state index contributed by atoms with van der Waals surface area (Å²) in [4.78, 5) is 35.2. The highest BCUT2D eigenvalue weighted by Crippen LogP contribution is 2.19. The van der Waals surface area contributed by atoms with Gasteiger partial charge in [0, 0.05) is 16.6 Å². The maximum absolute atomic E-state index is 12.0. The zero-order valence-corrected chi connectivity index (χ0v) is 13.0. The fourth-order valence-corrected chi connectivity index (χ4v) is 2.62. The Hall–Kier alpha value is -2.41. The van der Waals surface area contributed by atoms with Crippen LogP contribution in [0.15, 0.2) is 40.5 Å². The average Bonchev–Trinajstić information content (AvgIpc) is 2.84. The molecule has 1 aromatic carbocycles. The second-order valence-corrected chi connectivity index (χ2v) is 5.35. The number of thiazole rings is 1. The van der Waals surface area contributed by atoms with Crippen molar-refractivity contribution in [3.05, 3.63) is 56.6 Å². The van der Waals surface area contributed by atoms with E-state index in [4.69, 9.17) is 4.74 Å². The first-order valence-electron chi connectivity index (χ1n) is 6.50. The van der Waals surface area contributed by atoms with Crippen LogP contribution in [0.4, 0.5) is 0 Å². The molecule has 116 valence electrons. The van der Waals surface area contributed by atoms with E-state index in [9.17, 15) is 14.4 Å². The van der Waals surface area contributed by atoms with Gasteiger partial charge in [0.05, 0.1) is 7.11 Å². The largest absolute Gasteiger partial charge is 0.466 e. The van der Waals surface area contributed by atoms with Gasteiger partial charge in [0.1, 0.15) is 6.54 Å². The molecule has 0 aliphatic carbocycles. The number of aromatic nitrogens is 1. The Balaban J connectivity index is 2.16. The van der Waals surface area contributed by atoms with Gasteiger partial charge in [0.2, 0.25) is 6.10 Å². The lowest BCUT2D eigenvalue weighted by molar-refractivity contribution is -0.167. The van der Waals surface area contributed by atoms with Crippen LogP contribution in [-0.2, 0) is 25.6 Å². The Morgan fingerprint density at radius 2 is 1.95 bits per heavy atom. The second-order valence-electron chi connectivity index (χ2n) is 4.53. The number of hydrogen-bond donors (Lipinski definition) is 0. The number of benzene rings is 1. The minimum absolute atomic E-state index is 0.242. The van der Waals surface area contributed by atoms with Gasteiger partial charge in [-0.3, -0.25) is 14.2 Å². The van der Waals surface area contributed by atoms with E-state index in [2.05, 4.69) is 4.74 Å². The van der Waals surface area contributed by atoms with Gasteiger partial charge < -0.3 is 9.47 Å². The fraction of sp³-hybridized carbons (Fsp3) is 0.267. The molecule has 7 heteroatoms. The van der Waals surface area contributed by atoms with Crippen molar-refractivity contribution in [2.45, 2.75) is 19.6 Å². The molecule has 0 spiro atoms. The van der Waals surface area contributed by atoms with Crippen molar-refractivity contribution >= 4 is 23.3 Å². The molecule has 22 heavy (non-hydrogen) atoms. The Morgan fingerprint density at radius 1 is 1.27 bits per heavy atom. The molecule has 0 saturated carbocycles. The molecule has 0 unspecified atom stereocenters. The van der Waals surface area contributed by atoms with Crippen LogP contribution in [0.3, 0.4) is 0 Å². The van der Waals surface area contributed by atoms with Crippen molar-refractivity contribution in [2.24, 2.45) is 0 Å². The summed E-state index contributed by atoms with van der Waals surface area (Å²) in [6, 6.07) is 8.57. The molecule has 0 amide bonds. The summed E-state index contributed by atoms with van der Waals surface area (Å²) in [6.07, 6.45) is -1.15. The first kappa shape index (κ1) is 16.0. The fourth-order valence-electron chi connectivity index (χ4n) is 1.88. The summed E-state index contributed by atoms with van der Waals surface area (Å²) in [6.45, 7) is 1.48. The molecule has 6 nitrogen and oxygen atoms in total. The predicted octanol–water partition coefficient (Wildman–Crippen LogP) is 1.68. The highest BCUT2D eigenvalue weighted by Gasteiger charge is 2.26. The van der Waals surface area contributed by atoms with E-state index in [0.29, 0.717) is 11.3 Å². The number of carbonyl (C=O) groups excluding carboxylic acids is 2. The third kappa shape index (κ3) is 3.62. The standard InChI is InChI=1S/C15H15NO5S/c1-10-9-22-15(19)16(10)8-12(17)21-13(14(18)20-2)11-6-4-3-5-7-11/h3-7,9,13H,8H2,1-2H3/t13-/m1/s1. The van der Waals surface area contributed by atoms with Crippen LogP contribution >= 0.6 is 11.3 Å². The van der Waals surface area contributed by atoms with Gasteiger partial charge in [-0.15, -0.1) is 0 Å². The quantitative estimate of drug-likeness (QED) is 0.783. The average molecular weight is 321 g/mol. The lowest BCUT2D eigenvalue weighted by Crippen LogP contribution is -2.26. The van der Waals surface area contributed by atoms with Crippen LogP contribution in [0.2, 0.25) is 0 Å². The monoisotopic (exact) mass is 321 g/mol. The molecule has 1 heterocycles. The number of hydrogen-bond acceptors (Lipinski definition) is 6. The summed E-state index contributed by atoms with van der Waals surface area (Å²) in [5, 5.41) is 1.66. The molecule has 0 radical (unpaired) electrons. The summed E-state index contributed by atoms with van der Waals surface area (Å²) < 4.78 is 11.2. The number of carbonyl (C=O) groups is 2. The molecule has 1 aromatic heterocycles. The molecule has 0 aliphatic rings. The van der Waals surface area contributed by atoms with E-state index >= 15 is 0 Å². The third-order valence-electron chi connectivity index (χ3n) is 3.03. The Bertz CT molecular complexity index is 719. The predicted molar refractivity (Wildman–Crippen MR) is 80.6 cm³/mol. The van der Waals surface area contributed by atoms with E-state index in [1.165, 1.54) is 11.7 Å². The van der Waals surface area contributed by atoms with Crippen molar-refractivity contribution < 1.29 is 19.1 Å². The molecular formula is C15H15NO5S. The molecule has 0 saturated heterocycles. The normalized spacial score (nSPS) is 11.7. The minimum Gasteiger partial charge on any atom is -0.466 e. The van der Waals surface area contributed by atoms with Crippen molar-refractivity contribution in [3.8, 4) is 0 Å². The Labute approximate surface area is 130 Å². The van der Waals surface area contributed by atoms with Gasteiger partial charge in [0.15, 0.2) is 0 Å². The maximum Gasteiger partial charge on any atom is 0.351 e. The Morgan fingerprint density at radius 3 is 2.50 bits per heavy atom. The molecule has 0 fully saturated rings. The number of esters is 2. The Kier molecular flexibility index (Phi) is 5.11. The van der Waals surface area contributed by atoms with Crippen LogP contribution in [0.1, 0.15) is 17.4 Å². The summed E-state index contributed by atoms with van der Waals surface area (Å²) >= 11 is 1.01. The summed E-state index contributed by atoms with van der Waals surface area (Å²) in [5.74, 6) is -1.35. The number of aryl methyl sites for hydroxylation is 1. The number of rotatable bonds is 5. The highest BCUT2D eigenvalue weighted by molar-refractivity contribution is 7.07. The SMILES string of the molecule is COC(=O)[C@H](OC(=O)Cn1c(C)csc1=O)c1ccccc1. The van der Waals surface area contributed by atoms with Gasteiger partial charge in [0.25, 0.3) is 0 Å². The summed E-state index contributed by atoms with van der Waals surface area (Å²) in [5.41, 5.74) is 1.18. The van der Waals surface area contributed by atoms with Crippen molar-refractivity contribution in [2.75, 3.05) is 7.11 Å². The maximum atomic E-state index is 12.0. The smallest absolute Gasteiger partial charge is 0.351 e.